The summed E-state index contributed by atoms with van der Waals surface area (Å²) in [5.74, 6) is 0.586. The largest absolute Gasteiger partial charge is 0.342 e. The molecule has 0 aliphatic carbocycles. The summed E-state index contributed by atoms with van der Waals surface area (Å²) in [6.45, 7) is 2.08. The van der Waals surface area contributed by atoms with Gasteiger partial charge in [0.15, 0.2) is 0 Å². The van der Waals surface area contributed by atoms with Gasteiger partial charge in [-0.2, -0.15) is 0 Å². The Labute approximate surface area is 139 Å². The van der Waals surface area contributed by atoms with Crippen LogP contribution in [-0.4, -0.2) is 15.9 Å². The zero-order valence-corrected chi connectivity index (χ0v) is 13.6. The van der Waals surface area contributed by atoms with Crippen molar-refractivity contribution in [2.24, 2.45) is 0 Å². The summed E-state index contributed by atoms with van der Waals surface area (Å²) < 4.78 is 0. The summed E-state index contributed by atoms with van der Waals surface area (Å²) in [6.07, 6.45) is 1.74. The van der Waals surface area contributed by atoms with Crippen LogP contribution in [0.1, 0.15) is 42.0 Å². The van der Waals surface area contributed by atoms with Crippen LogP contribution in [0.4, 0.5) is 0 Å². The summed E-state index contributed by atoms with van der Waals surface area (Å²) >= 11 is 6.11. The van der Waals surface area contributed by atoms with E-state index in [-0.39, 0.29) is 11.9 Å². The second-order valence-corrected chi connectivity index (χ2v) is 5.84. The van der Waals surface area contributed by atoms with Gasteiger partial charge in [-0.15, -0.1) is 0 Å². The van der Waals surface area contributed by atoms with E-state index < -0.39 is 0 Å². The molecule has 0 saturated heterocycles. The molecular weight excluding hydrogens is 310 g/mol. The maximum absolute atomic E-state index is 12.5. The van der Waals surface area contributed by atoms with Crippen LogP contribution in [0.15, 0.2) is 48.5 Å². The molecule has 118 valence electrons. The fourth-order valence-corrected chi connectivity index (χ4v) is 2.81. The van der Waals surface area contributed by atoms with Crippen LogP contribution in [0.3, 0.4) is 0 Å². The van der Waals surface area contributed by atoms with Gasteiger partial charge in [0.25, 0.3) is 5.91 Å². The van der Waals surface area contributed by atoms with E-state index in [4.69, 9.17) is 11.6 Å². The third-order valence-electron chi connectivity index (χ3n) is 3.74. The highest BCUT2D eigenvalue weighted by molar-refractivity contribution is 6.33. The quantitative estimate of drug-likeness (QED) is 0.725. The van der Waals surface area contributed by atoms with E-state index in [2.05, 4.69) is 22.2 Å². The van der Waals surface area contributed by atoms with E-state index >= 15 is 0 Å². The molecule has 0 fully saturated rings. The molecule has 1 amide bonds. The number of carbonyl (C=O) groups excluding carboxylic acids is 1. The smallest absolute Gasteiger partial charge is 0.253 e. The molecule has 0 spiro atoms. The first-order chi connectivity index (χ1) is 11.2. The van der Waals surface area contributed by atoms with E-state index in [1.165, 1.54) is 0 Å². The van der Waals surface area contributed by atoms with Gasteiger partial charge in [0.05, 0.1) is 27.7 Å². The van der Waals surface area contributed by atoms with Crippen molar-refractivity contribution in [1.82, 2.24) is 15.3 Å². The van der Waals surface area contributed by atoms with Gasteiger partial charge in [0.2, 0.25) is 0 Å². The summed E-state index contributed by atoms with van der Waals surface area (Å²) in [6, 6.07) is 14.7. The number of H-pyrrole nitrogens is 1. The molecule has 5 heteroatoms. The molecule has 1 atom stereocenters. The third kappa shape index (κ3) is 3.37. The Morgan fingerprint density at radius 1 is 1.22 bits per heavy atom. The molecule has 0 unspecified atom stereocenters. The average molecular weight is 328 g/mol. The summed E-state index contributed by atoms with van der Waals surface area (Å²) in [4.78, 5) is 20.4. The van der Waals surface area contributed by atoms with Crippen molar-refractivity contribution < 1.29 is 4.79 Å². The Hall–Kier alpha value is -2.33. The number of aromatic nitrogens is 2. The van der Waals surface area contributed by atoms with Crippen LogP contribution >= 0.6 is 11.6 Å². The zero-order valence-electron chi connectivity index (χ0n) is 12.8. The summed E-state index contributed by atoms with van der Waals surface area (Å²) in [7, 11) is 0. The minimum Gasteiger partial charge on any atom is -0.342 e. The van der Waals surface area contributed by atoms with Gasteiger partial charge in [0.1, 0.15) is 5.82 Å². The maximum Gasteiger partial charge on any atom is 0.253 e. The number of benzene rings is 2. The number of para-hydroxylation sites is 2. The molecule has 0 radical (unpaired) electrons. The molecule has 0 bridgehead atoms. The number of nitrogens with zero attached hydrogens (tertiary/aromatic N) is 1. The molecular formula is C18H18ClN3O. The molecule has 2 N–H and O–H groups in total. The van der Waals surface area contributed by atoms with Crippen LogP contribution in [0.2, 0.25) is 5.02 Å². The molecule has 3 aromatic rings. The van der Waals surface area contributed by atoms with Gasteiger partial charge >= 0.3 is 0 Å². The number of nitrogens with one attached hydrogen (secondary N) is 2. The first kappa shape index (κ1) is 15.6. The molecule has 1 heterocycles. The topological polar surface area (TPSA) is 57.8 Å². The van der Waals surface area contributed by atoms with Crippen molar-refractivity contribution in [1.29, 1.82) is 0 Å². The van der Waals surface area contributed by atoms with Crippen molar-refractivity contribution in [2.75, 3.05) is 0 Å². The number of halogens is 1. The van der Waals surface area contributed by atoms with Crippen molar-refractivity contribution in [2.45, 2.75) is 25.8 Å². The fraction of sp³-hybridized carbons (Fsp3) is 0.222. The van der Waals surface area contributed by atoms with Crippen molar-refractivity contribution in [3.05, 3.63) is 64.9 Å². The molecule has 0 aliphatic rings. The van der Waals surface area contributed by atoms with E-state index in [1.807, 2.05) is 30.3 Å². The van der Waals surface area contributed by atoms with Crippen LogP contribution in [0, 0.1) is 0 Å². The number of hydrogen-bond acceptors (Lipinski definition) is 2. The predicted octanol–water partition coefficient (Wildman–Crippen LogP) is 4.49. The minimum absolute atomic E-state index is 0.170. The summed E-state index contributed by atoms with van der Waals surface area (Å²) in [5, 5.41) is 3.48. The molecule has 1 aromatic heterocycles. The lowest BCUT2D eigenvalue weighted by Crippen LogP contribution is -2.29. The Balaban J connectivity index is 1.87. The SMILES string of the molecule is CCC[C@@H](NC(=O)c1ccccc1Cl)c1nc2ccccc2[nH]1. The highest BCUT2D eigenvalue weighted by Crippen LogP contribution is 2.21. The molecule has 4 nitrogen and oxygen atoms in total. The van der Waals surface area contributed by atoms with Gasteiger partial charge in [-0.05, 0) is 30.7 Å². The van der Waals surface area contributed by atoms with Crippen LogP contribution in [-0.2, 0) is 0 Å². The van der Waals surface area contributed by atoms with E-state index in [0.717, 1.165) is 29.7 Å². The molecule has 2 aromatic carbocycles. The number of carbonyl (C=O) groups is 1. The summed E-state index contributed by atoms with van der Waals surface area (Å²) in [5.41, 5.74) is 2.34. The Morgan fingerprint density at radius 3 is 2.70 bits per heavy atom. The van der Waals surface area contributed by atoms with Crippen molar-refractivity contribution in [3.8, 4) is 0 Å². The number of aromatic amines is 1. The highest BCUT2D eigenvalue weighted by Gasteiger charge is 2.19. The van der Waals surface area contributed by atoms with Crippen LogP contribution in [0.5, 0.6) is 0 Å². The first-order valence-electron chi connectivity index (χ1n) is 7.69. The lowest BCUT2D eigenvalue weighted by molar-refractivity contribution is 0.0933. The molecule has 3 rings (SSSR count). The average Bonchev–Trinajstić information content (AvgIpc) is 2.98. The monoisotopic (exact) mass is 327 g/mol. The number of imidazole rings is 1. The van der Waals surface area contributed by atoms with E-state index in [1.54, 1.807) is 18.2 Å². The van der Waals surface area contributed by atoms with Crippen molar-refractivity contribution >= 4 is 28.5 Å². The normalized spacial score (nSPS) is 12.3. The van der Waals surface area contributed by atoms with E-state index in [9.17, 15) is 4.79 Å². The first-order valence-corrected chi connectivity index (χ1v) is 8.07. The number of hydrogen-bond donors (Lipinski definition) is 2. The van der Waals surface area contributed by atoms with Gasteiger partial charge in [0, 0.05) is 0 Å². The molecule has 0 aliphatic heterocycles. The van der Waals surface area contributed by atoms with Crippen LogP contribution in [0.25, 0.3) is 11.0 Å². The third-order valence-corrected chi connectivity index (χ3v) is 4.07. The van der Waals surface area contributed by atoms with Gasteiger partial charge in [-0.3, -0.25) is 4.79 Å². The minimum atomic E-state index is -0.186. The number of rotatable bonds is 5. The number of amides is 1. The Bertz CT molecular complexity index is 795. The van der Waals surface area contributed by atoms with Crippen LogP contribution < -0.4 is 5.32 Å². The molecule has 23 heavy (non-hydrogen) atoms. The Kier molecular flexibility index (Phi) is 4.63. The zero-order chi connectivity index (χ0) is 16.2. The lowest BCUT2D eigenvalue weighted by atomic mass is 10.1. The Morgan fingerprint density at radius 2 is 1.96 bits per heavy atom. The lowest BCUT2D eigenvalue weighted by Gasteiger charge is -2.16. The maximum atomic E-state index is 12.5. The highest BCUT2D eigenvalue weighted by atomic mass is 35.5. The molecule has 0 saturated carbocycles. The van der Waals surface area contributed by atoms with Gasteiger partial charge in [-0.1, -0.05) is 49.2 Å². The fourth-order valence-electron chi connectivity index (χ4n) is 2.58. The predicted molar refractivity (Wildman–Crippen MR) is 92.7 cm³/mol. The van der Waals surface area contributed by atoms with E-state index in [0.29, 0.717) is 10.6 Å². The second kappa shape index (κ2) is 6.84. The van der Waals surface area contributed by atoms with Crippen molar-refractivity contribution in [3.63, 3.8) is 0 Å². The van der Waals surface area contributed by atoms with Gasteiger partial charge < -0.3 is 10.3 Å². The standard InChI is InChI=1S/C18H18ClN3O/c1-2-7-16(17-20-14-10-5-6-11-15(14)21-17)22-18(23)12-8-3-4-9-13(12)19/h3-6,8-11,16H,2,7H2,1H3,(H,20,21)(H,22,23)/t16-/m1/s1. The second-order valence-electron chi connectivity index (χ2n) is 5.43. The van der Waals surface area contributed by atoms with Gasteiger partial charge in [-0.25, -0.2) is 4.98 Å². The number of fused-ring (bicyclic) bond motifs is 1.